The molecule has 1 unspecified atom stereocenters. The molecule has 0 aromatic heterocycles. The van der Waals surface area contributed by atoms with Crippen LogP contribution in [0.2, 0.25) is 0 Å². The molecule has 2 heterocycles. The summed E-state index contributed by atoms with van der Waals surface area (Å²) in [5.41, 5.74) is 0. The Labute approximate surface area is 347 Å². The molecule has 2 fully saturated rings. The van der Waals surface area contributed by atoms with Gasteiger partial charge in [-0.1, -0.05) is 83.1 Å². The number of phosphoric ester groups is 1. The van der Waals surface area contributed by atoms with Crippen LogP contribution in [0.15, 0.2) is 12.2 Å². The van der Waals surface area contributed by atoms with E-state index in [4.69, 9.17) is 37.7 Å². The quantitative estimate of drug-likeness (QED) is 0.00929. The lowest BCUT2D eigenvalue weighted by Crippen LogP contribution is -2.41. The fraction of sp³-hybridized carbons (Fsp3) is 0.923. The lowest BCUT2D eigenvalue weighted by Gasteiger charge is -2.33. The summed E-state index contributed by atoms with van der Waals surface area (Å²) in [6, 6.07) is -0.847. The zero-order valence-electron chi connectivity index (χ0n) is 35.5. The number of aliphatic hydroxyl groups excluding tert-OH is 2. The fourth-order valence-electron chi connectivity index (χ4n) is 7.01. The molecule has 58 heavy (non-hydrogen) atoms. The third-order valence-corrected chi connectivity index (χ3v) is 11.9. The Kier molecular flexibility index (Phi) is 24.8. The number of nitrogens with zero attached hydrogens (tertiary/aromatic N) is 1. The van der Waals surface area contributed by atoms with Gasteiger partial charge in [-0.15, -0.1) is 0 Å². The first-order valence-electron chi connectivity index (χ1n) is 21.2. The number of quaternary nitrogens is 1. The van der Waals surface area contributed by atoms with E-state index in [1.165, 1.54) is 51.0 Å². The Balaban J connectivity index is 1.49. The van der Waals surface area contributed by atoms with Gasteiger partial charge in [-0.2, -0.15) is 13.1 Å². The molecule has 2 saturated heterocycles. The maximum atomic E-state index is 12.1. The summed E-state index contributed by atoms with van der Waals surface area (Å²) >= 11 is 0. The van der Waals surface area contributed by atoms with Crippen molar-refractivity contribution in [2.24, 2.45) is 0 Å². The van der Waals surface area contributed by atoms with Gasteiger partial charge in [0.2, 0.25) is 5.79 Å². The molecule has 0 saturated carbocycles. The molecule has 19 heteroatoms. The SMILES string of the molecule is C[C@](O)(COC(=O)/C=C/CCCCC[C@H]1O[C@]2(CCCCCCCCCCCCCCOC[C@H](CO)NS(=O)(=O)O)CC[C@@H](O)[C@@H]1O2)OP(=O)(O)OCC[N+](C)(C)C. The molecule has 7 atom stereocenters. The molecule has 2 aliphatic rings. The van der Waals surface area contributed by atoms with Crippen LogP contribution in [-0.2, 0) is 47.7 Å². The second-order valence-corrected chi connectivity index (χ2v) is 19.6. The molecule has 0 spiro atoms. The van der Waals surface area contributed by atoms with Gasteiger partial charge in [0.15, 0.2) is 5.79 Å². The Bertz CT molecular complexity index is 1330. The van der Waals surface area contributed by atoms with Crippen molar-refractivity contribution in [1.29, 1.82) is 0 Å². The summed E-state index contributed by atoms with van der Waals surface area (Å²) in [7, 11) is -3.23. The summed E-state index contributed by atoms with van der Waals surface area (Å²) in [6.07, 6.45) is 22.0. The van der Waals surface area contributed by atoms with Gasteiger partial charge in [0.05, 0.1) is 52.6 Å². The van der Waals surface area contributed by atoms with Gasteiger partial charge >= 0.3 is 24.1 Å². The van der Waals surface area contributed by atoms with Gasteiger partial charge in [-0.05, 0) is 45.4 Å². The first-order chi connectivity index (χ1) is 27.2. The van der Waals surface area contributed by atoms with E-state index in [1.807, 2.05) is 25.9 Å². The van der Waals surface area contributed by atoms with Crippen molar-refractivity contribution in [3.63, 3.8) is 0 Å². The Morgan fingerprint density at radius 3 is 2.17 bits per heavy atom. The van der Waals surface area contributed by atoms with E-state index in [0.717, 1.165) is 71.1 Å². The molecule has 0 amide bonds. The standard InChI is InChI=1S/C39H75N2O15PS/c1-38(45,56-57(46,47)53-29-27-41(2,3)4)32-52-36(44)23-19-15-13-14-18-22-35-37-34(43)24-26-39(54-35,55-37)25-20-16-11-9-7-5-6-8-10-12-17-21-28-51-31-33(30-42)40-58(48,49)50/h19,23,33-35,37,40,42-43,45H,5-18,20-22,24-32H2,1-4H3,(H-,46,47,48,49,50)/p+1/b23-19+/t33-,34+,35+,37-,38+,39-/m0/s1. The summed E-state index contributed by atoms with van der Waals surface area (Å²) < 4.78 is 77.9. The average Bonchev–Trinajstić information content (AvgIpc) is 3.42. The fourth-order valence-corrected chi connectivity index (χ4v) is 8.49. The molecule has 6 N–H and O–H groups in total. The highest BCUT2D eigenvalue weighted by atomic mass is 32.2. The van der Waals surface area contributed by atoms with Crippen LogP contribution in [0.5, 0.6) is 0 Å². The van der Waals surface area contributed by atoms with Gasteiger partial charge in [0, 0.05) is 25.5 Å². The van der Waals surface area contributed by atoms with Gasteiger partial charge in [0.1, 0.15) is 25.9 Å². The van der Waals surface area contributed by atoms with Gasteiger partial charge in [0.25, 0.3) is 0 Å². The van der Waals surface area contributed by atoms with E-state index in [1.54, 1.807) is 6.08 Å². The zero-order chi connectivity index (χ0) is 43.1. The minimum atomic E-state index is -4.56. The summed E-state index contributed by atoms with van der Waals surface area (Å²) in [4.78, 5) is 22.0. The first-order valence-corrected chi connectivity index (χ1v) is 24.2. The number of rotatable bonds is 35. The number of aliphatic hydroxyl groups is 3. The van der Waals surface area contributed by atoms with E-state index in [-0.39, 0.29) is 25.4 Å². The van der Waals surface area contributed by atoms with Crippen LogP contribution in [0.1, 0.15) is 135 Å². The topological polar surface area (TPSA) is 237 Å². The van der Waals surface area contributed by atoms with Gasteiger partial charge in [-0.25, -0.2) is 9.36 Å². The number of phosphoric acid groups is 1. The number of esters is 1. The molecule has 0 aliphatic carbocycles. The molecule has 0 aromatic carbocycles. The third-order valence-electron chi connectivity index (χ3n) is 10.2. The average molecular weight is 876 g/mol. The number of nitrogens with one attached hydrogen (secondary N) is 1. The number of unbranched alkanes of at least 4 members (excludes halogenated alkanes) is 14. The maximum Gasteiger partial charge on any atom is 0.475 e. The summed E-state index contributed by atoms with van der Waals surface area (Å²) in [5, 5.41) is 30.0. The molecule has 17 nitrogen and oxygen atoms in total. The van der Waals surface area contributed by atoms with Crippen molar-refractivity contribution in [3.8, 4) is 0 Å². The minimum Gasteiger partial charge on any atom is -0.457 e. The second-order valence-electron chi connectivity index (χ2n) is 17.0. The maximum absolute atomic E-state index is 12.1. The number of fused-ring (bicyclic) bond motifs is 2. The molecule has 342 valence electrons. The second kappa shape index (κ2) is 27.1. The highest BCUT2D eigenvalue weighted by Gasteiger charge is 2.53. The van der Waals surface area contributed by atoms with Crippen molar-refractivity contribution in [2.75, 3.05) is 60.7 Å². The van der Waals surface area contributed by atoms with Crippen molar-refractivity contribution >= 4 is 24.1 Å². The molecule has 2 bridgehead atoms. The van der Waals surface area contributed by atoms with Crippen LogP contribution in [0, 0.1) is 0 Å². The number of ether oxygens (including phenoxy) is 4. The monoisotopic (exact) mass is 875 g/mol. The van der Waals surface area contributed by atoms with Crippen LogP contribution in [0.3, 0.4) is 0 Å². The van der Waals surface area contributed by atoms with Crippen LogP contribution in [0.4, 0.5) is 0 Å². The predicted molar refractivity (Wildman–Crippen MR) is 218 cm³/mol. The lowest BCUT2D eigenvalue weighted by molar-refractivity contribution is -0.870. The molecular weight excluding hydrogens is 799 g/mol. The number of likely N-dealkylation sites (N-methyl/N-ethyl adjacent to an activating group) is 1. The van der Waals surface area contributed by atoms with E-state index >= 15 is 0 Å². The molecule has 0 radical (unpaired) electrons. The van der Waals surface area contributed by atoms with Gasteiger partial charge in [-0.3, -0.25) is 13.6 Å². The summed E-state index contributed by atoms with van der Waals surface area (Å²) in [5.74, 6) is -3.51. The zero-order valence-corrected chi connectivity index (χ0v) is 37.2. The summed E-state index contributed by atoms with van der Waals surface area (Å²) in [6.45, 7) is 0.910. The van der Waals surface area contributed by atoms with E-state index in [9.17, 15) is 32.9 Å². The first kappa shape index (κ1) is 53.0. The molecule has 0 aromatic rings. The number of carbonyl (C=O) groups excluding carboxylic acids is 1. The van der Waals surface area contributed by atoms with Crippen molar-refractivity contribution in [2.45, 2.75) is 171 Å². The predicted octanol–water partition coefficient (Wildman–Crippen LogP) is 5.06. The molecule has 2 aliphatic heterocycles. The van der Waals surface area contributed by atoms with E-state index < -0.39 is 61.0 Å². The Hall–Kier alpha value is -1.09. The smallest absolute Gasteiger partial charge is 0.457 e. The van der Waals surface area contributed by atoms with Crippen molar-refractivity contribution in [1.82, 2.24) is 4.72 Å². The van der Waals surface area contributed by atoms with Crippen LogP contribution in [0.25, 0.3) is 0 Å². The number of hydrogen-bond acceptors (Lipinski definition) is 13. The molecule has 2 rings (SSSR count). The lowest BCUT2D eigenvalue weighted by atomic mass is 9.94. The Morgan fingerprint density at radius 2 is 1.57 bits per heavy atom. The van der Waals surface area contributed by atoms with E-state index in [2.05, 4.69) is 0 Å². The number of hydrogen-bond donors (Lipinski definition) is 6. The van der Waals surface area contributed by atoms with Crippen molar-refractivity contribution < 1.29 is 75.0 Å². The minimum absolute atomic E-state index is 0.0156. The van der Waals surface area contributed by atoms with Crippen molar-refractivity contribution in [3.05, 3.63) is 12.2 Å². The van der Waals surface area contributed by atoms with Crippen LogP contribution in [-0.4, -0.2) is 140 Å². The highest BCUT2D eigenvalue weighted by Crippen LogP contribution is 2.47. The Morgan fingerprint density at radius 1 is 0.966 bits per heavy atom. The largest absolute Gasteiger partial charge is 0.475 e. The van der Waals surface area contributed by atoms with Crippen LogP contribution >= 0.6 is 7.82 Å². The number of allylic oxidation sites excluding steroid dienone is 1. The third kappa shape index (κ3) is 25.0. The highest BCUT2D eigenvalue weighted by molar-refractivity contribution is 7.83. The van der Waals surface area contributed by atoms with Gasteiger partial charge < -0.3 is 43.6 Å². The van der Waals surface area contributed by atoms with E-state index in [0.29, 0.717) is 36.9 Å². The number of carbonyl (C=O) groups is 1. The van der Waals surface area contributed by atoms with Crippen LogP contribution < -0.4 is 4.72 Å². The molecular formula is C39H76N2O15PS+. The normalized spacial score (nSPS) is 23.8.